The predicted octanol–water partition coefficient (Wildman–Crippen LogP) is -3.34. The van der Waals surface area contributed by atoms with Gasteiger partial charge in [0.25, 0.3) is 0 Å². The molecule has 3 atom stereocenters. The molecule has 0 radical (unpaired) electrons. The Morgan fingerprint density at radius 3 is 2.17 bits per heavy atom. The number of aliphatic carboxylic acids is 1. The molecule has 0 bridgehead atoms. The van der Waals surface area contributed by atoms with Gasteiger partial charge in [0.15, 0.2) is 5.96 Å². The van der Waals surface area contributed by atoms with Gasteiger partial charge in [-0.15, -0.1) is 0 Å². The summed E-state index contributed by atoms with van der Waals surface area (Å²) in [6.07, 6.45) is 0.00928. The lowest BCUT2D eigenvalue weighted by Crippen LogP contribution is -2.54. The van der Waals surface area contributed by atoms with Crippen molar-refractivity contribution >= 4 is 35.6 Å². The van der Waals surface area contributed by atoms with Gasteiger partial charge in [-0.05, 0) is 18.4 Å². The molecule has 0 heterocycles. The fourth-order valence-corrected chi connectivity index (χ4v) is 2.95. The first-order valence-electron chi connectivity index (χ1n) is 10.7. The molecule has 0 saturated heterocycles. The van der Waals surface area contributed by atoms with E-state index in [2.05, 4.69) is 20.9 Å². The van der Waals surface area contributed by atoms with Gasteiger partial charge in [-0.3, -0.25) is 24.2 Å². The Balaban J connectivity index is 2.81. The summed E-state index contributed by atoms with van der Waals surface area (Å²) in [7, 11) is 0. The molecule has 192 valence electrons. The van der Waals surface area contributed by atoms with Gasteiger partial charge >= 0.3 is 5.97 Å². The number of carboxylic acid groups (broad SMARTS) is 1. The van der Waals surface area contributed by atoms with Crippen LogP contribution >= 0.6 is 0 Å². The smallest absolute Gasteiger partial charge is 0.326 e. The van der Waals surface area contributed by atoms with Crippen molar-refractivity contribution in [1.82, 2.24) is 16.0 Å². The van der Waals surface area contributed by atoms with E-state index in [1.807, 2.05) is 0 Å². The van der Waals surface area contributed by atoms with Gasteiger partial charge in [-0.1, -0.05) is 30.3 Å². The number of hydrogen-bond donors (Lipinski definition) is 8. The quantitative estimate of drug-likeness (QED) is 0.0690. The average molecular weight is 493 g/mol. The Labute approximate surface area is 201 Å². The number of benzene rings is 1. The fourth-order valence-electron chi connectivity index (χ4n) is 2.95. The lowest BCUT2D eigenvalue weighted by molar-refractivity contribution is -0.142. The van der Waals surface area contributed by atoms with E-state index in [-0.39, 0.29) is 25.3 Å². The highest BCUT2D eigenvalue weighted by molar-refractivity contribution is 5.93. The maximum atomic E-state index is 12.8. The minimum absolute atomic E-state index is 0.0321. The zero-order valence-corrected chi connectivity index (χ0v) is 19.1. The molecule has 14 nitrogen and oxygen atoms in total. The Kier molecular flexibility index (Phi) is 12.2. The zero-order chi connectivity index (χ0) is 26.4. The molecule has 0 aliphatic heterocycles. The predicted molar refractivity (Wildman–Crippen MR) is 126 cm³/mol. The molecule has 0 spiro atoms. The summed E-state index contributed by atoms with van der Waals surface area (Å²) >= 11 is 0. The Morgan fingerprint density at radius 2 is 1.60 bits per heavy atom. The van der Waals surface area contributed by atoms with Crippen molar-refractivity contribution in [2.75, 3.05) is 13.1 Å². The maximum absolute atomic E-state index is 12.8. The number of aliphatic imine (C=N–C) groups is 1. The van der Waals surface area contributed by atoms with Gasteiger partial charge in [0, 0.05) is 13.0 Å². The van der Waals surface area contributed by atoms with Crippen molar-refractivity contribution in [3.05, 3.63) is 35.9 Å². The number of hydrogen-bond acceptors (Lipinski definition) is 7. The van der Waals surface area contributed by atoms with Crippen molar-refractivity contribution in [3.8, 4) is 0 Å². The van der Waals surface area contributed by atoms with Gasteiger partial charge in [0.2, 0.25) is 23.6 Å². The first-order valence-corrected chi connectivity index (χ1v) is 10.7. The summed E-state index contributed by atoms with van der Waals surface area (Å²) in [6, 6.07) is 5.11. The minimum atomic E-state index is -1.25. The second-order valence-electron chi connectivity index (χ2n) is 7.65. The molecule has 4 amide bonds. The number of nitrogens with two attached hydrogens (primary N) is 4. The molecular formula is C21H32N8O6. The third kappa shape index (κ3) is 12.0. The second kappa shape index (κ2) is 14.8. The molecule has 14 heteroatoms. The number of nitrogens with one attached hydrogen (secondary N) is 3. The largest absolute Gasteiger partial charge is 0.480 e. The van der Waals surface area contributed by atoms with Crippen LogP contribution in [0, 0.1) is 0 Å². The van der Waals surface area contributed by atoms with Crippen molar-refractivity contribution in [3.63, 3.8) is 0 Å². The molecule has 0 aromatic heterocycles. The zero-order valence-electron chi connectivity index (χ0n) is 19.1. The van der Waals surface area contributed by atoms with Crippen LogP contribution in [-0.4, -0.2) is 71.9 Å². The molecule has 3 unspecified atom stereocenters. The molecule has 0 aliphatic rings. The van der Waals surface area contributed by atoms with Gasteiger partial charge in [0.05, 0.1) is 19.0 Å². The number of carbonyl (C=O) groups is 5. The van der Waals surface area contributed by atoms with Crippen molar-refractivity contribution in [2.45, 2.75) is 43.8 Å². The minimum Gasteiger partial charge on any atom is -0.480 e. The van der Waals surface area contributed by atoms with Crippen LogP contribution in [0.2, 0.25) is 0 Å². The Bertz CT molecular complexity index is 920. The number of amides is 4. The molecule has 1 rings (SSSR count). The van der Waals surface area contributed by atoms with Gasteiger partial charge in [-0.25, -0.2) is 4.79 Å². The molecule has 12 N–H and O–H groups in total. The number of nitrogens with zero attached hydrogens (tertiary/aromatic N) is 1. The summed E-state index contributed by atoms with van der Waals surface area (Å²) in [4.78, 5) is 63.4. The van der Waals surface area contributed by atoms with E-state index < -0.39 is 60.7 Å². The van der Waals surface area contributed by atoms with Crippen LogP contribution in [0.15, 0.2) is 35.3 Å². The van der Waals surface area contributed by atoms with Gasteiger partial charge < -0.3 is 44.0 Å². The summed E-state index contributed by atoms with van der Waals surface area (Å²) in [6.45, 7) is -0.359. The van der Waals surface area contributed by atoms with E-state index in [0.29, 0.717) is 12.0 Å². The normalized spacial score (nSPS) is 12.9. The first-order chi connectivity index (χ1) is 16.5. The van der Waals surface area contributed by atoms with E-state index in [0.717, 1.165) is 0 Å². The van der Waals surface area contributed by atoms with Crippen LogP contribution in [0.25, 0.3) is 0 Å². The van der Waals surface area contributed by atoms with Gasteiger partial charge in [-0.2, -0.15) is 0 Å². The Morgan fingerprint density at radius 1 is 0.943 bits per heavy atom. The van der Waals surface area contributed by atoms with Crippen LogP contribution in [0.3, 0.4) is 0 Å². The van der Waals surface area contributed by atoms with Crippen LogP contribution in [0.5, 0.6) is 0 Å². The van der Waals surface area contributed by atoms with Crippen LogP contribution < -0.4 is 38.9 Å². The molecule has 35 heavy (non-hydrogen) atoms. The fraction of sp³-hybridized carbons (Fsp3) is 0.429. The molecule has 0 fully saturated rings. The number of carbonyl (C=O) groups excluding carboxylic acids is 4. The van der Waals surface area contributed by atoms with E-state index >= 15 is 0 Å². The monoisotopic (exact) mass is 492 g/mol. The number of rotatable bonds is 15. The topological polar surface area (TPSA) is 258 Å². The van der Waals surface area contributed by atoms with Crippen LogP contribution in [0.1, 0.15) is 24.8 Å². The Hall–Kier alpha value is -4.20. The summed E-state index contributed by atoms with van der Waals surface area (Å²) in [5.41, 5.74) is 21.7. The number of carboxylic acids is 1. The molecular weight excluding hydrogens is 460 g/mol. The van der Waals surface area contributed by atoms with Crippen molar-refractivity contribution < 1.29 is 29.1 Å². The molecule has 0 saturated carbocycles. The third-order valence-corrected chi connectivity index (χ3v) is 4.68. The van der Waals surface area contributed by atoms with Crippen molar-refractivity contribution in [1.29, 1.82) is 0 Å². The highest BCUT2D eigenvalue weighted by Crippen LogP contribution is 2.05. The summed E-state index contributed by atoms with van der Waals surface area (Å²) < 4.78 is 0. The average Bonchev–Trinajstić information content (AvgIpc) is 2.78. The van der Waals surface area contributed by atoms with E-state index in [1.54, 1.807) is 30.3 Å². The van der Waals surface area contributed by atoms with E-state index in [4.69, 9.17) is 22.9 Å². The van der Waals surface area contributed by atoms with Crippen molar-refractivity contribution in [2.24, 2.45) is 27.9 Å². The van der Waals surface area contributed by atoms with Gasteiger partial charge in [0.1, 0.15) is 12.1 Å². The summed E-state index contributed by atoms with van der Waals surface area (Å²) in [5.74, 6) is -4.41. The second-order valence-corrected chi connectivity index (χ2v) is 7.65. The maximum Gasteiger partial charge on any atom is 0.326 e. The molecule has 0 aliphatic carbocycles. The van der Waals surface area contributed by atoms with E-state index in [9.17, 15) is 29.1 Å². The summed E-state index contributed by atoms with van der Waals surface area (Å²) in [5, 5.41) is 16.7. The number of primary amides is 1. The van der Waals surface area contributed by atoms with Crippen LogP contribution in [0.4, 0.5) is 0 Å². The lowest BCUT2D eigenvalue weighted by Gasteiger charge is -2.22. The highest BCUT2D eigenvalue weighted by Gasteiger charge is 2.27. The standard InChI is InChI=1S/C21H32N8O6/c22-13(10-16(23)30)18(32)27-11-17(31)28-14(7-4-8-26-21(24)25)19(33)29-15(20(34)35)9-12-5-2-1-3-6-12/h1-3,5-6,13-15H,4,7-11,22H2,(H2,23,30)(H,27,32)(H,28,31)(H,29,33)(H,34,35)(H4,24,25,26). The first kappa shape index (κ1) is 28.8. The van der Waals surface area contributed by atoms with Crippen LogP contribution in [-0.2, 0) is 30.4 Å². The molecule has 1 aromatic rings. The number of guanidine groups is 1. The SMILES string of the molecule is NC(=O)CC(N)C(=O)NCC(=O)NC(CCCN=C(N)N)C(=O)NC(Cc1ccccc1)C(=O)O. The highest BCUT2D eigenvalue weighted by atomic mass is 16.4. The molecule has 1 aromatic carbocycles. The van der Waals surface area contributed by atoms with E-state index in [1.165, 1.54) is 0 Å². The lowest BCUT2D eigenvalue weighted by atomic mass is 10.0. The third-order valence-electron chi connectivity index (χ3n) is 4.68.